The summed E-state index contributed by atoms with van der Waals surface area (Å²) in [6.07, 6.45) is 3.67. The van der Waals surface area contributed by atoms with Gasteiger partial charge < -0.3 is 10.1 Å². The number of aromatic hydroxyl groups is 1. The van der Waals surface area contributed by atoms with Crippen LogP contribution in [0.25, 0.3) is 23.2 Å². The first-order valence-electron chi connectivity index (χ1n) is 6.44. The Morgan fingerprint density at radius 3 is 2.95 bits per heavy atom. The van der Waals surface area contributed by atoms with E-state index < -0.39 is 0 Å². The number of H-pyrrole nitrogens is 1. The Labute approximate surface area is 128 Å². The van der Waals surface area contributed by atoms with Crippen molar-refractivity contribution in [2.45, 2.75) is 0 Å². The van der Waals surface area contributed by atoms with Crippen molar-refractivity contribution in [2.75, 3.05) is 0 Å². The standard InChI is InChI=1S/C16H10BrN3O/c17-11-3-4-14-12(7-11)13(16(21)19-14)5-9-1-2-10-8-18-20-15(10)6-9/h1-8,19,21H/b9-5-. The maximum Gasteiger partial charge on any atom is 0.196 e. The van der Waals surface area contributed by atoms with Crippen LogP contribution in [0.15, 0.2) is 51.1 Å². The Balaban J connectivity index is 1.97. The van der Waals surface area contributed by atoms with Gasteiger partial charge in [0.15, 0.2) is 5.88 Å². The van der Waals surface area contributed by atoms with Crippen LogP contribution in [-0.2, 0) is 0 Å². The molecule has 0 aliphatic carbocycles. The third-order valence-electron chi connectivity index (χ3n) is 3.51. The van der Waals surface area contributed by atoms with Crippen LogP contribution in [0.1, 0.15) is 5.56 Å². The molecule has 1 aliphatic rings. The average Bonchev–Trinajstić information content (AvgIpc) is 3.04. The fourth-order valence-corrected chi connectivity index (χ4v) is 2.84. The van der Waals surface area contributed by atoms with Crippen LogP contribution < -0.4 is 10.4 Å². The van der Waals surface area contributed by atoms with E-state index in [9.17, 15) is 5.11 Å². The first-order valence-corrected chi connectivity index (χ1v) is 7.23. The summed E-state index contributed by atoms with van der Waals surface area (Å²) in [7, 11) is 0. The van der Waals surface area contributed by atoms with Gasteiger partial charge in [-0.05, 0) is 35.6 Å². The second-order valence-electron chi connectivity index (χ2n) is 4.88. The Morgan fingerprint density at radius 1 is 1.14 bits per heavy atom. The normalized spacial score (nSPS) is 13.7. The zero-order valence-corrected chi connectivity index (χ0v) is 12.4. The lowest BCUT2D eigenvalue weighted by atomic mass is 10.1. The molecule has 21 heavy (non-hydrogen) atoms. The van der Waals surface area contributed by atoms with E-state index in [0.29, 0.717) is 0 Å². The van der Waals surface area contributed by atoms with E-state index in [4.69, 9.17) is 0 Å². The van der Waals surface area contributed by atoms with Crippen LogP contribution in [0.5, 0.6) is 5.88 Å². The maximum atomic E-state index is 10.1. The molecule has 5 heteroatoms. The van der Waals surface area contributed by atoms with Crippen LogP contribution in [0, 0.1) is 0 Å². The molecule has 0 spiro atoms. The molecule has 0 saturated heterocycles. The molecule has 2 heterocycles. The Bertz CT molecular complexity index is 1020. The lowest BCUT2D eigenvalue weighted by molar-refractivity contribution is 0.457. The van der Waals surface area contributed by atoms with E-state index in [1.54, 1.807) is 6.20 Å². The van der Waals surface area contributed by atoms with Crippen LogP contribution in [0.2, 0.25) is 0 Å². The van der Waals surface area contributed by atoms with Crippen molar-refractivity contribution in [1.82, 2.24) is 4.98 Å². The molecule has 102 valence electrons. The maximum absolute atomic E-state index is 10.1. The van der Waals surface area contributed by atoms with Crippen molar-refractivity contribution in [2.24, 2.45) is 10.2 Å². The number of aromatic amines is 1. The van der Waals surface area contributed by atoms with Gasteiger partial charge in [0.05, 0.1) is 11.9 Å². The van der Waals surface area contributed by atoms with E-state index in [-0.39, 0.29) is 5.88 Å². The lowest BCUT2D eigenvalue weighted by Crippen LogP contribution is -2.06. The first kappa shape index (κ1) is 12.3. The third kappa shape index (κ3) is 2.06. The molecule has 0 radical (unpaired) electrons. The number of nitrogens with one attached hydrogen (secondary N) is 1. The monoisotopic (exact) mass is 339 g/mol. The summed E-state index contributed by atoms with van der Waals surface area (Å²) in [5.74, 6) is 0.164. The number of azo groups is 1. The number of hydrogen-bond acceptors (Lipinski definition) is 3. The van der Waals surface area contributed by atoms with Gasteiger partial charge in [-0.3, -0.25) is 0 Å². The number of halogens is 1. The highest BCUT2D eigenvalue weighted by molar-refractivity contribution is 9.10. The van der Waals surface area contributed by atoms with E-state index in [0.717, 1.165) is 37.1 Å². The van der Waals surface area contributed by atoms with Gasteiger partial charge in [-0.2, -0.15) is 10.2 Å². The van der Waals surface area contributed by atoms with Crippen molar-refractivity contribution < 1.29 is 5.11 Å². The molecule has 0 saturated carbocycles. The molecule has 0 atom stereocenters. The Kier molecular flexibility index (Phi) is 2.68. The van der Waals surface area contributed by atoms with Gasteiger partial charge in [-0.1, -0.05) is 28.1 Å². The summed E-state index contributed by atoms with van der Waals surface area (Å²) >= 11 is 3.46. The Morgan fingerprint density at radius 2 is 2.05 bits per heavy atom. The summed E-state index contributed by atoms with van der Waals surface area (Å²) < 4.78 is 0.973. The molecule has 1 aromatic heterocycles. The number of fused-ring (bicyclic) bond motifs is 2. The molecular formula is C16H10BrN3O. The summed E-state index contributed by atoms with van der Waals surface area (Å²) in [5.41, 5.74) is 2.52. The smallest absolute Gasteiger partial charge is 0.196 e. The van der Waals surface area contributed by atoms with Crippen LogP contribution >= 0.6 is 15.9 Å². The molecule has 4 nitrogen and oxygen atoms in total. The molecule has 0 amide bonds. The van der Waals surface area contributed by atoms with Crippen molar-refractivity contribution in [3.05, 3.63) is 56.9 Å². The zero-order valence-electron chi connectivity index (χ0n) is 10.8. The largest absolute Gasteiger partial charge is 0.494 e. The third-order valence-corrected chi connectivity index (χ3v) is 4.00. The van der Waals surface area contributed by atoms with Gasteiger partial charge in [0, 0.05) is 26.2 Å². The molecule has 4 rings (SSSR count). The van der Waals surface area contributed by atoms with Crippen LogP contribution in [-0.4, -0.2) is 10.1 Å². The minimum Gasteiger partial charge on any atom is -0.494 e. The second kappa shape index (κ2) is 4.56. The van der Waals surface area contributed by atoms with E-state index >= 15 is 0 Å². The summed E-state index contributed by atoms with van der Waals surface area (Å²) in [6.45, 7) is 0. The van der Waals surface area contributed by atoms with Gasteiger partial charge in [0.1, 0.15) is 0 Å². The summed E-state index contributed by atoms with van der Waals surface area (Å²) in [4.78, 5) is 2.98. The predicted molar refractivity (Wildman–Crippen MR) is 85.9 cm³/mol. The SMILES string of the molecule is Oc1[nH]c2ccc(Br)cc2c1/C=c1/ccc2c(c1)N=NC=2. The minimum absolute atomic E-state index is 0.164. The average molecular weight is 340 g/mol. The molecular weight excluding hydrogens is 330 g/mol. The summed E-state index contributed by atoms with van der Waals surface area (Å²) in [6, 6.07) is 11.8. The van der Waals surface area contributed by atoms with Gasteiger partial charge in [0.2, 0.25) is 0 Å². The number of benzene rings is 2. The van der Waals surface area contributed by atoms with E-state index in [1.165, 1.54) is 0 Å². The van der Waals surface area contributed by atoms with Gasteiger partial charge in [-0.25, -0.2) is 0 Å². The zero-order chi connectivity index (χ0) is 14.4. The number of aromatic nitrogens is 1. The van der Waals surface area contributed by atoms with Crippen molar-refractivity contribution in [3.63, 3.8) is 0 Å². The van der Waals surface area contributed by atoms with Gasteiger partial charge in [0.25, 0.3) is 0 Å². The van der Waals surface area contributed by atoms with E-state index in [1.807, 2.05) is 42.5 Å². The number of nitrogens with zero attached hydrogens (tertiary/aromatic N) is 2. The van der Waals surface area contributed by atoms with Crippen molar-refractivity contribution in [3.8, 4) is 5.88 Å². The molecule has 3 aromatic rings. The molecule has 0 bridgehead atoms. The number of rotatable bonds is 1. The molecule has 2 aromatic carbocycles. The molecule has 0 fully saturated rings. The van der Waals surface area contributed by atoms with Gasteiger partial charge >= 0.3 is 0 Å². The van der Waals surface area contributed by atoms with Crippen molar-refractivity contribution >= 4 is 44.8 Å². The summed E-state index contributed by atoms with van der Waals surface area (Å²) in [5, 5.41) is 21.0. The van der Waals surface area contributed by atoms with E-state index in [2.05, 4.69) is 31.1 Å². The first-order chi connectivity index (χ1) is 10.2. The second-order valence-corrected chi connectivity index (χ2v) is 5.80. The molecule has 2 N–H and O–H groups in total. The fourth-order valence-electron chi connectivity index (χ4n) is 2.48. The highest BCUT2D eigenvalue weighted by Gasteiger charge is 2.09. The molecule has 1 aliphatic heterocycles. The lowest BCUT2D eigenvalue weighted by Gasteiger charge is -1.95. The quantitative estimate of drug-likeness (QED) is 0.702. The highest BCUT2D eigenvalue weighted by Crippen LogP contribution is 2.30. The number of hydrogen-bond donors (Lipinski definition) is 2. The van der Waals surface area contributed by atoms with Crippen molar-refractivity contribution in [1.29, 1.82) is 0 Å². The van der Waals surface area contributed by atoms with Crippen LogP contribution in [0.3, 0.4) is 0 Å². The molecule has 0 unspecified atom stereocenters. The highest BCUT2D eigenvalue weighted by atomic mass is 79.9. The van der Waals surface area contributed by atoms with Crippen LogP contribution in [0.4, 0.5) is 5.69 Å². The Hall–Kier alpha value is -2.40. The topological polar surface area (TPSA) is 60.7 Å². The predicted octanol–water partition coefficient (Wildman–Crippen LogP) is 3.30. The van der Waals surface area contributed by atoms with Gasteiger partial charge in [-0.15, -0.1) is 0 Å². The fraction of sp³-hybridized carbons (Fsp3) is 0. The minimum atomic E-state index is 0.164.